The fourth-order valence-corrected chi connectivity index (χ4v) is 2.95. The molecule has 0 amide bonds. The summed E-state index contributed by atoms with van der Waals surface area (Å²) in [6.45, 7) is 2.39. The van der Waals surface area contributed by atoms with Gasteiger partial charge in [-0.1, -0.05) is 0 Å². The molecule has 0 spiro atoms. The summed E-state index contributed by atoms with van der Waals surface area (Å²) in [6.07, 6.45) is -21.0. The van der Waals surface area contributed by atoms with Crippen molar-refractivity contribution in [3.05, 3.63) is 0 Å². The average molecular weight is 508 g/mol. The highest BCUT2D eigenvalue weighted by molar-refractivity contribution is 5.13. The Bertz CT molecular complexity index is 722. The standard InChI is InChI=1S/C14H13F13O5/c1-8(2)31-5-3(28)4(30-7(5)32-8)6(29)9(15,16)10(17,18)11(19,20)12(21,22)13(23,24)14(25,26)27/h3-7,28-29H,1-2H3/t3-,4-,5+,6+,7+/m0/s1. The number of fused-ring (bicyclic) bond motifs is 1. The molecule has 0 radical (unpaired) electrons. The average Bonchev–Trinajstić information content (AvgIpc) is 3.05. The minimum absolute atomic E-state index is 1.19. The molecule has 18 heteroatoms. The molecule has 5 atom stereocenters. The van der Waals surface area contributed by atoms with Gasteiger partial charge in [-0.25, -0.2) is 0 Å². The van der Waals surface area contributed by atoms with Gasteiger partial charge >= 0.3 is 35.8 Å². The van der Waals surface area contributed by atoms with E-state index in [2.05, 4.69) is 4.74 Å². The zero-order valence-electron chi connectivity index (χ0n) is 15.4. The van der Waals surface area contributed by atoms with Crippen LogP contribution in [0, 0.1) is 0 Å². The molecule has 0 aromatic heterocycles. The Balaban J connectivity index is 2.40. The Kier molecular flexibility index (Phi) is 6.10. The normalized spacial score (nSPS) is 31.0. The van der Waals surface area contributed by atoms with E-state index in [1.807, 2.05) is 0 Å². The van der Waals surface area contributed by atoms with Gasteiger partial charge in [-0.05, 0) is 13.8 Å². The van der Waals surface area contributed by atoms with E-state index in [0.717, 1.165) is 0 Å². The number of rotatable bonds is 6. The fourth-order valence-electron chi connectivity index (χ4n) is 2.95. The molecule has 2 N–H and O–H groups in total. The molecule has 0 saturated carbocycles. The quantitative estimate of drug-likeness (QED) is 0.540. The third-order valence-corrected chi connectivity index (χ3v) is 4.69. The van der Waals surface area contributed by atoms with Crippen LogP contribution in [0.2, 0.25) is 0 Å². The SMILES string of the molecule is CC1(C)O[C@H]2O[C@H]([C@@H](O)C(F)(F)C(F)(F)C(F)(F)C(F)(F)C(F)(F)C(F)(F)F)[C@H](O)[C@H]2O1. The van der Waals surface area contributed by atoms with Crippen LogP contribution in [0.4, 0.5) is 57.1 Å². The van der Waals surface area contributed by atoms with Gasteiger partial charge in [0, 0.05) is 0 Å². The van der Waals surface area contributed by atoms with Crippen LogP contribution in [0.1, 0.15) is 13.8 Å². The van der Waals surface area contributed by atoms with Crippen LogP contribution in [0.25, 0.3) is 0 Å². The van der Waals surface area contributed by atoms with Crippen LogP contribution >= 0.6 is 0 Å². The second-order valence-electron chi connectivity index (χ2n) is 7.42. The molecule has 2 fully saturated rings. The Morgan fingerprint density at radius 1 is 0.719 bits per heavy atom. The molecule has 2 heterocycles. The van der Waals surface area contributed by atoms with Gasteiger partial charge in [0.25, 0.3) is 0 Å². The molecule has 0 bridgehead atoms. The molecule has 190 valence electrons. The Labute approximate surface area is 169 Å². The maximum atomic E-state index is 14.0. The predicted octanol–water partition coefficient (Wildman–Crippen LogP) is 3.32. The van der Waals surface area contributed by atoms with Gasteiger partial charge in [0.05, 0.1) is 0 Å². The summed E-state index contributed by atoms with van der Waals surface area (Å²) < 4.78 is 185. The smallest absolute Gasteiger partial charge is 0.387 e. The number of aliphatic hydroxyl groups excluding tert-OH is 2. The summed E-state index contributed by atoms with van der Waals surface area (Å²) in [5, 5.41) is 19.3. The molecular formula is C14H13F13O5. The lowest BCUT2D eigenvalue weighted by molar-refractivity contribution is -0.446. The molecule has 0 aliphatic carbocycles. The molecule has 5 nitrogen and oxygen atoms in total. The van der Waals surface area contributed by atoms with E-state index in [9.17, 15) is 67.3 Å². The van der Waals surface area contributed by atoms with Crippen LogP contribution in [-0.4, -0.2) is 82.5 Å². The van der Waals surface area contributed by atoms with Crippen molar-refractivity contribution in [3.8, 4) is 0 Å². The fraction of sp³-hybridized carbons (Fsp3) is 1.00. The number of hydrogen-bond donors (Lipinski definition) is 2. The monoisotopic (exact) mass is 508 g/mol. The molecule has 2 aliphatic rings. The summed E-state index contributed by atoms with van der Waals surface area (Å²) in [5.74, 6) is -40.2. The van der Waals surface area contributed by atoms with E-state index in [1.54, 1.807) is 0 Å². The summed E-state index contributed by atoms with van der Waals surface area (Å²) in [6, 6.07) is 0. The lowest BCUT2D eigenvalue weighted by Crippen LogP contribution is -2.72. The van der Waals surface area contributed by atoms with Crippen LogP contribution in [-0.2, 0) is 14.2 Å². The van der Waals surface area contributed by atoms with E-state index in [1.165, 1.54) is 13.8 Å². The van der Waals surface area contributed by atoms with Gasteiger partial charge in [0.15, 0.2) is 18.2 Å². The topological polar surface area (TPSA) is 68.2 Å². The third-order valence-electron chi connectivity index (χ3n) is 4.69. The van der Waals surface area contributed by atoms with Crippen molar-refractivity contribution >= 4 is 0 Å². The van der Waals surface area contributed by atoms with Gasteiger partial charge in [0.1, 0.15) is 18.3 Å². The van der Waals surface area contributed by atoms with Crippen LogP contribution < -0.4 is 0 Å². The van der Waals surface area contributed by atoms with Crippen molar-refractivity contribution in [2.24, 2.45) is 0 Å². The van der Waals surface area contributed by atoms with Gasteiger partial charge in [-0.15, -0.1) is 0 Å². The summed E-state index contributed by atoms with van der Waals surface area (Å²) >= 11 is 0. The van der Waals surface area contributed by atoms with Crippen molar-refractivity contribution in [2.45, 2.75) is 86.1 Å². The number of hydrogen-bond acceptors (Lipinski definition) is 5. The lowest BCUT2D eigenvalue weighted by atomic mass is 9.88. The van der Waals surface area contributed by atoms with Crippen molar-refractivity contribution in [2.75, 3.05) is 0 Å². The Hall–Kier alpha value is -1.11. The van der Waals surface area contributed by atoms with E-state index in [-0.39, 0.29) is 0 Å². The molecule has 2 aliphatic heterocycles. The third kappa shape index (κ3) is 3.52. The summed E-state index contributed by atoms with van der Waals surface area (Å²) in [5.41, 5.74) is 0. The maximum Gasteiger partial charge on any atom is 0.460 e. The highest BCUT2D eigenvalue weighted by atomic mass is 19.4. The number of halogens is 13. The van der Waals surface area contributed by atoms with E-state index >= 15 is 0 Å². The summed E-state index contributed by atoms with van der Waals surface area (Å²) in [4.78, 5) is 0. The molecule has 2 saturated heterocycles. The highest BCUT2D eigenvalue weighted by Crippen LogP contribution is 2.61. The molecule has 0 unspecified atom stereocenters. The Morgan fingerprint density at radius 3 is 1.56 bits per heavy atom. The number of alkyl halides is 13. The number of aliphatic hydroxyl groups is 2. The van der Waals surface area contributed by atoms with E-state index < -0.39 is 72.3 Å². The van der Waals surface area contributed by atoms with Crippen molar-refractivity contribution in [1.29, 1.82) is 0 Å². The first-order valence-electron chi connectivity index (χ1n) is 8.20. The second kappa shape index (κ2) is 7.19. The minimum Gasteiger partial charge on any atom is -0.387 e. The molecule has 0 aromatic carbocycles. The summed E-state index contributed by atoms with van der Waals surface area (Å²) in [7, 11) is 0. The van der Waals surface area contributed by atoms with Crippen LogP contribution in [0.5, 0.6) is 0 Å². The first kappa shape index (κ1) is 27.1. The van der Waals surface area contributed by atoms with E-state index in [4.69, 9.17) is 9.47 Å². The molecule has 32 heavy (non-hydrogen) atoms. The number of ether oxygens (including phenoxy) is 3. The van der Waals surface area contributed by atoms with Crippen LogP contribution in [0.15, 0.2) is 0 Å². The molecular weight excluding hydrogens is 495 g/mol. The van der Waals surface area contributed by atoms with Gasteiger partial charge in [-0.2, -0.15) is 57.1 Å². The first-order valence-corrected chi connectivity index (χ1v) is 8.20. The van der Waals surface area contributed by atoms with Gasteiger partial charge in [0.2, 0.25) is 0 Å². The minimum atomic E-state index is -8.10. The molecule has 2 rings (SSSR count). The maximum absolute atomic E-state index is 14.0. The molecule has 0 aromatic rings. The van der Waals surface area contributed by atoms with Crippen molar-refractivity contribution in [1.82, 2.24) is 0 Å². The first-order chi connectivity index (χ1) is 13.9. The van der Waals surface area contributed by atoms with Gasteiger partial charge < -0.3 is 24.4 Å². The largest absolute Gasteiger partial charge is 0.460 e. The van der Waals surface area contributed by atoms with Crippen LogP contribution in [0.3, 0.4) is 0 Å². The highest BCUT2D eigenvalue weighted by Gasteiger charge is 2.91. The van der Waals surface area contributed by atoms with Crippen molar-refractivity contribution in [3.63, 3.8) is 0 Å². The zero-order chi connectivity index (χ0) is 25.5. The Morgan fingerprint density at radius 2 is 1.16 bits per heavy atom. The van der Waals surface area contributed by atoms with E-state index in [0.29, 0.717) is 0 Å². The second-order valence-corrected chi connectivity index (χ2v) is 7.42. The van der Waals surface area contributed by atoms with Gasteiger partial charge in [-0.3, -0.25) is 0 Å². The predicted molar refractivity (Wildman–Crippen MR) is 71.5 cm³/mol. The lowest BCUT2D eigenvalue weighted by Gasteiger charge is -2.41. The van der Waals surface area contributed by atoms with Crippen molar-refractivity contribution < 1.29 is 81.5 Å². The zero-order valence-corrected chi connectivity index (χ0v) is 15.4.